The molecule has 0 aromatic heterocycles. The third-order valence-electron chi connectivity index (χ3n) is 6.94. The van der Waals surface area contributed by atoms with Crippen LogP contribution in [0.5, 0.6) is 0 Å². The van der Waals surface area contributed by atoms with Crippen molar-refractivity contribution in [1.82, 2.24) is 5.32 Å². The summed E-state index contributed by atoms with van der Waals surface area (Å²) in [7, 11) is -2.98. The van der Waals surface area contributed by atoms with Crippen molar-refractivity contribution >= 4 is 9.84 Å². The first-order valence-corrected chi connectivity index (χ1v) is 15.3. The SMILES string of the molecule is CCCCCCCCCCCCCCCCCCS(=O)(=O)C1CC(C)(C)NC(C)(C)C1. The van der Waals surface area contributed by atoms with Crippen molar-refractivity contribution in [3.05, 3.63) is 0 Å². The van der Waals surface area contributed by atoms with Gasteiger partial charge in [0.05, 0.1) is 11.0 Å². The molecule has 4 heteroatoms. The van der Waals surface area contributed by atoms with E-state index in [0.717, 1.165) is 25.7 Å². The fourth-order valence-corrected chi connectivity index (χ4v) is 7.78. The van der Waals surface area contributed by atoms with E-state index in [4.69, 9.17) is 0 Å². The maximum Gasteiger partial charge on any atom is 0.153 e. The van der Waals surface area contributed by atoms with Gasteiger partial charge in [-0.15, -0.1) is 0 Å². The predicted molar refractivity (Wildman–Crippen MR) is 138 cm³/mol. The van der Waals surface area contributed by atoms with Crippen LogP contribution in [0.4, 0.5) is 0 Å². The van der Waals surface area contributed by atoms with Gasteiger partial charge in [0.2, 0.25) is 0 Å². The Hall–Kier alpha value is -0.0900. The molecule has 0 saturated carbocycles. The minimum absolute atomic E-state index is 0.103. The van der Waals surface area contributed by atoms with Gasteiger partial charge in [-0.3, -0.25) is 0 Å². The van der Waals surface area contributed by atoms with Crippen LogP contribution < -0.4 is 5.32 Å². The van der Waals surface area contributed by atoms with Crippen LogP contribution >= 0.6 is 0 Å². The molecule has 186 valence electrons. The summed E-state index contributed by atoms with van der Waals surface area (Å²) in [6, 6.07) is 0. The van der Waals surface area contributed by atoms with Gasteiger partial charge >= 0.3 is 0 Å². The van der Waals surface area contributed by atoms with Crippen molar-refractivity contribution in [3.8, 4) is 0 Å². The van der Waals surface area contributed by atoms with Gasteiger partial charge in [-0.25, -0.2) is 8.42 Å². The molecule has 1 heterocycles. The average Bonchev–Trinajstić information content (AvgIpc) is 2.65. The van der Waals surface area contributed by atoms with Gasteiger partial charge in [0.25, 0.3) is 0 Å². The molecule has 0 unspecified atom stereocenters. The quantitative estimate of drug-likeness (QED) is 0.212. The van der Waals surface area contributed by atoms with Gasteiger partial charge in [0.1, 0.15) is 0 Å². The summed E-state index contributed by atoms with van der Waals surface area (Å²) >= 11 is 0. The predicted octanol–water partition coefficient (Wildman–Crippen LogP) is 7.97. The summed E-state index contributed by atoms with van der Waals surface area (Å²) in [4.78, 5) is 0. The van der Waals surface area contributed by atoms with E-state index in [9.17, 15) is 8.42 Å². The smallest absolute Gasteiger partial charge is 0.153 e. The van der Waals surface area contributed by atoms with E-state index < -0.39 is 9.84 Å². The summed E-state index contributed by atoms with van der Waals surface area (Å²) in [6.07, 6.45) is 22.6. The highest BCUT2D eigenvalue weighted by atomic mass is 32.2. The number of unbranched alkanes of at least 4 members (excludes halogenated alkanes) is 15. The third-order valence-corrected chi connectivity index (χ3v) is 9.15. The molecule has 3 nitrogen and oxygen atoms in total. The lowest BCUT2D eigenvalue weighted by atomic mass is 9.82. The molecule has 1 aliphatic rings. The summed E-state index contributed by atoms with van der Waals surface area (Å²) in [6.45, 7) is 10.8. The molecule has 1 fully saturated rings. The lowest BCUT2D eigenvalue weighted by Crippen LogP contribution is -2.60. The first-order valence-electron chi connectivity index (χ1n) is 13.6. The van der Waals surface area contributed by atoms with Crippen molar-refractivity contribution in [2.45, 2.75) is 167 Å². The Balaban J connectivity index is 1.99. The van der Waals surface area contributed by atoms with Crippen molar-refractivity contribution in [1.29, 1.82) is 0 Å². The standard InChI is InChI=1S/C27H55NO2S/c1-6-7-8-9-10-11-12-13-14-15-16-17-18-19-20-21-22-31(29,30)25-23-26(2,3)28-27(4,5)24-25/h25,28H,6-24H2,1-5H3. The number of sulfone groups is 1. The molecule has 1 aliphatic heterocycles. The number of hydrogen-bond donors (Lipinski definition) is 1. The Morgan fingerprint density at radius 1 is 0.613 bits per heavy atom. The summed E-state index contributed by atoms with van der Waals surface area (Å²) in [5, 5.41) is 3.41. The molecule has 1 N–H and O–H groups in total. The van der Waals surface area contributed by atoms with Crippen LogP contribution in [0.1, 0.15) is 150 Å². The molecule has 0 amide bonds. The zero-order chi connectivity index (χ0) is 23.2. The first kappa shape index (κ1) is 28.9. The van der Waals surface area contributed by atoms with E-state index in [1.165, 1.54) is 89.9 Å². The van der Waals surface area contributed by atoms with Gasteiger partial charge in [-0.05, 0) is 47.0 Å². The van der Waals surface area contributed by atoms with E-state index >= 15 is 0 Å². The van der Waals surface area contributed by atoms with E-state index in [-0.39, 0.29) is 16.3 Å². The number of piperidine rings is 1. The third kappa shape index (κ3) is 13.9. The first-order chi connectivity index (χ1) is 14.6. The largest absolute Gasteiger partial charge is 0.307 e. The number of nitrogens with one attached hydrogen (secondary N) is 1. The van der Waals surface area contributed by atoms with E-state index in [1.807, 2.05) is 0 Å². The zero-order valence-corrected chi connectivity index (χ0v) is 22.6. The Kier molecular flexibility index (Phi) is 13.9. The molecule has 0 atom stereocenters. The molecular weight excluding hydrogens is 402 g/mol. The second-order valence-electron chi connectivity index (χ2n) is 11.6. The zero-order valence-electron chi connectivity index (χ0n) is 21.7. The van der Waals surface area contributed by atoms with Crippen LogP contribution in [-0.4, -0.2) is 30.5 Å². The highest BCUT2D eigenvalue weighted by Crippen LogP contribution is 2.33. The highest BCUT2D eigenvalue weighted by molar-refractivity contribution is 7.92. The van der Waals surface area contributed by atoms with E-state index in [2.05, 4.69) is 39.9 Å². The Morgan fingerprint density at radius 3 is 1.29 bits per heavy atom. The van der Waals surface area contributed by atoms with Crippen LogP contribution in [0, 0.1) is 0 Å². The van der Waals surface area contributed by atoms with Gasteiger partial charge < -0.3 is 5.32 Å². The van der Waals surface area contributed by atoms with Crippen LogP contribution in [0.25, 0.3) is 0 Å². The topological polar surface area (TPSA) is 46.2 Å². The molecular formula is C27H55NO2S. The van der Waals surface area contributed by atoms with Crippen LogP contribution in [0.3, 0.4) is 0 Å². The average molecular weight is 458 g/mol. The molecule has 1 rings (SSSR count). The fraction of sp³-hybridized carbons (Fsp3) is 1.00. The Morgan fingerprint density at radius 2 is 0.935 bits per heavy atom. The number of rotatable bonds is 18. The van der Waals surface area contributed by atoms with E-state index in [1.54, 1.807) is 0 Å². The van der Waals surface area contributed by atoms with Gasteiger partial charge in [-0.1, -0.05) is 103 Å². The fourth-order valence-electron chi connectivity index (χ4n) is 5.50. The minimum atomic E-state index is -2.98. The summed E-state index contributed by atoms with van der Waals surface area (Å²) in [5.74, 6) is 0.377. The lowest BCUT2D eigenvalue weighted by Gasteiger charge is -2.46. The van der Waals surface area contributed by atoms with Crippen molar-refractivity contribution in [3.63, 3.8) is 0 Å². The minimum Gasteiger partial charge on any atom is -0.307 e. The molecule has 1 saturated heterocycles. The highest BCUT2D eigenvalue weighted by Gasteiger charge is 2.42. The Bertz CT molecular complexity index is 538. The lowest BCUT2D eigenvalue weighted by molar-refractivity contribution is 0.185. The molecule has 0 spiro atoms. The maximum atomic E-state index is 12.9. The van der Waals surface area contributed by atoms with Gasteiger partial charge in [0.15, 0.2) is 9.84 Å². The van der Waals surface area contributed by atoms with Crippen LogP contribution in [0.15, 0.2) is 0 Å². The number of hydrogen-bond acceptors (Lipinski definition) is 3. The Labute approximate surface area is 195 Å². The van der Waals surface area contributed by atoms with E-state index in [0.29, 0.717) is 5.75 Å². The molecule has 31 heavy (non-hydrogen) atoms. The summed E-state index contributed by atoms with van der Waals surface area (Å²) < 4.78 is 25.8. The van der Waals surface area contributed by atoms with Crippen LogP contribution in [-0.2, 0) is 9.84 Å². The molecule has 0 aromatic carbocycles. The molecule has 0 aromatic rings. The van der Waals surface area contributed by atoms with Gasteiger partial charge in [0, 0.05) is 11.1 Å². The summed E-state index contributed by atoms with van der Waals surface area (Å²) in [5.41, 5.74) is -0.206. The van der Waals surface area contributed by atoms with Gasteiger partial charge in [-0.2, -0.15) is 0 Å². The van der Waals surface area contributed by atoms with Crippen LogP contribution in [0.2, 0.25) is 0 Å². The second kappa shape index (κ2) is 14.9. The molecule has 0 radical (unpaired) electrons. The molecule has 0 bridgehead atoms. The molecule has 0 aliphatic carbocycles. The monoisotopic (exact) mass is 457 g/mol. The second-order valence-corrected chi connectivity index (χ2v) is 14.0. The normalized spacial score (nSPS) is 19.0. The maximum absolute atomic E-state index is 12.9. The van der Waals surface area contributed by atoms with Crippen molar-refractivity contribution < 1.29 is 8.42 Å². The van der Waals surface area contributed by atoms with Crippen molar-refractivity contribution in [2.24, 2.45) is 0 Å². The van der Waals surface area contributed by atoms with Crippen molar-refractivity contribution in [2.75, 3.05) is 5.75 Å².